The zero-order valence-electron chi connectivity index (χ0n) is 22.3. The van der Waals surface area contributed by atoms with Gasteiger partial charge in [-0.15, -0.1) is 0 Å². The molecule has 0 saturated carbocycles. The third kappa shape index (κ3) is 4.89. The number of benzene rings is 2. The maximum absolute atomic E-state index is 9.28. The quantitative estimate of drug-likeness (QED) is 0.528. The van der Waals surface area contributed by atoms with Gasteiger partial charge >= 0.3 is 6.01 Å². The number of rotatable bonds is 6. The molecule has 1 N–H and O–H groups in total. The predicted molar refractivity (Wildman–Crippen MR) is 148 cm³/mol. The van der Waals surface area contributed by atoms with Crippen molar-refractivity contribution in [2.75, 3.05) is 44.7 Å². The molecular formula is C30H36N6O2. The highest BCUT2D eigenvalue weighted by Crippen LogP contribution is 2.43. The normalized spacial score (nSPS) is 25.6. The van der Waals surface area contributed by atoms with Gasteiger partial charge in [0.15, 0.2) is 0 Å². The van der Waals surface area contributed by atoms with Crippen molar-refractivity contribution in [2.24, 2.45) is 5.92 Å². The molecule has 3 unspecified atom stereocenters. The fraction of sp³-hybridized carbons (Fsp3) is 0.500. The van der Waals surface area contributed by atoms with Crippen LogP contribution in [-0.4, -0.2) is 66.8 Å². The second kappa shape index (κ2) is 10.8. The summed E-state index contributed by atoms with van der Waals surface area (Å²) in [6.07, 6.45) is 3.49. The Morgan fingerprint density at radius 2 is 2.03 bits per heavy atom. The van der Waals surface area contributed by atoms with Crippen LogP contribution in [0, 0.1) is 17.2 Å². The first kappa shape index (κ1) is 24.9. The van der Waals surface area contributed by atoms with Crippen LogP contribution in [-0.2, 0) is 6.42 Å². The van der Waals surface area contributed by atoms with Crippen molar-refractivity contribution in [3.8, 4) is 18.0 Å². The first-order chi connectivity index (χ1) is 18.6. The number of likely N-dealkylation sites (tertiary alicyclic amines) is 1. The molecule has 0 spiro atoms. The van der Waals surface area contributed by atoms with Crippen LogP contribution in [0.4, 0.5) is 5.82 Å². The van der Waals surface area contributed by atoms with E-state index in [9.17, 15) is 5.26 Å². The highest BCUT2D eigenvalue weighted by Gasteiger charge is 2.35. The number of nitrogens with zero attached hydrogens (tertiary/aromatic N) is 5. The molecule has 2 saturated heterocycles. The Bertz CT molecular complexity index is 1330. The van der Waals surface area contributed by atoms with Crippen molar-refractivity contribution in [3.05, 3.63) is 53.6 Å². The van der Waals surface area contributed by atoms with E-state index >= 15 is 0 Å². The lowest BCUT2D eigenvalue weighted by atomic mass is 9.87. The first-order valence-corrected chi connectivity index (χ1v) is 13.8. The van der Waals surface area contributed by atoms with E-state index in [4.69, 9.17) is 19.4 Å². The SMILES string of the molecule is CC1Cc2c(nc(OCC3CCCN3C)nc2N2CCN[C@@H](CC#N)C2)OC1c1cccc2ccccc12. The van der Waals surface area contributed by atoms with Gasteiger partial charge < -0.3 is 24.6 Å². The Balaban J connectivity index is 1.35. The Labute approximate surface area is 224 Å². The number of anilines is 1. The summed E-state index contributed by atoms with van der Waals surface area (Å²) in [5.41, 5.74) is 2.23. The first-order valence-electron chi connectivity index (χ1n) is 13.8. The van der Waals surface area contributed by atoms with Crippen LogP contribution in [0.2, 0.25) is 0 Å². The molecule has 2 fully saturated rings. The zero-order chi connectivity index (χ0) is 26.1. The number of aromatic nitrogens is 2. The Morgan fingerprint density at radius 3 is 2.87 bits per heavy atom. The van der Waals surface area contributed by atoms with Gasteiger partial charge in [0.25, 0.3) is 0 Å². The molecule has 38 heavy (non-hydrogen) atoms. The van der Waals surface area contributed by atoms with Crippen molar-refractivity contribution < 1.29 is 9.47 Å². The summed E-state index contributed by atoms with van der Waals surface area (Å²) in [7, 11) is 2.15. The number of piperazine rings is 1. The molecule has 2 aromatic carbocycles. The molecule has 8 nitrogen and oxygen atoms in total. The number of ether oxygens (including phenoxy) is 2. The maximum atomic E-state index is 9.28. The van der Waals surface area contributed by atoms with Crippen LogP contribution in [0.25, 0.3) is 10.8 Å². The van der Waals surface area contributed by atoms with Gasteiger partial charge in [0.1, 0.15) is 18.5 Å². The van der Waals surface area contributed by atoms with Gasteiger partial charge in [-0.3, -0.25) is 0 Å². The largest absolute Gasteiger partial charge is 0.469 e. The molecule has 3 aliphatic rings. The molecule has 0 aliphatic carbocycles. The minimum absolute atomic E-state index is 0.112. The van der Waals surface area contributed by atoms with Crippen molar-refractivity contribution in [2.45, 2.75) is 50.8 Å². The van der Waals surface area contributed by atoms with Gasteiger partial charge in [-0.1, -0.05) is 49.4 Å². The minimum Gasteiger partial charge on any atom is -0.469 e. The smallest absolute Gasteiger partial charge is 0.321 e. The van der Waals surface area contributed by atoms with Gasteiger partial charge in [-0.2, -0.15) is 15.2 Å². The highest BCUT2D eigenvalue weighted by atomic mass is 16.5. The summed E-state index contributed by atoms with van der Waals surface area (Å²) in [6.45, 7) is 6.26. The third-order valence-electron chi connectivity index (χ3n) is 8.31. The standard InChI is InChI=1S/C30H36N6O2/c1-20-17-26-28(36-16-14-32-22(18-36)12-13-31)33-30(37-19-23-9-6-15-35(23)2)34-29(26)38-27(20)25-11-5-8-21-7-3-4-10-24(21)25/h3-5,7-8,10-11,20,22-23,27,32H,6,9,12,14-19H2,1-2H3/t20?,22-,23?,27?/m0/s1. The molecule has 3 aromatic rings. The van der Waals surface area contributed by atoms with Crippen molar-refractivity contribution in [1.29, 1.82) is 5.26 Å². The highest BCUT2D eigenvalue weighted by molar-refractivity contribution is 5.86. The van der Waals surface area contributed by atoms with E-state index in [1.807, 2.05) is 0 Å². The monoisotopic (exact) mass is 512 g/mol. The van der Waals surface area contributed by atoms with E-state index in [0.717, 1.165) is 50.4 Å². The number of hydrogen-bond acceptors (Lipinski definition) is 8. The van der Waals surface area contributed by atoms with E-state index in [0.29, 0.717) is 31.0 Å². The fourth-order valence-corrected chi connectivity index (χ4v) is 6.19. The van der Waals surface area contributed by atoms with E-state index < -0.39 is 0 Å². The number of likely N-dealkylation sites (N-methyl/N-ethyl adjacent to an activating group) is 1. The van der Waals surface area contributed by atoms with Crippen LogP contribution in [0.5, 0.6) is 11.9 Å². The molecule has 0 radical (unpaired) electrons. The summed E-state index contributed by atoms with van der Waals surface area (Å²) >= 11 is 0. The van der Waals surface area contributed by atoms with Crippen LogP contribution in [0.1, 0.15) is 43.4 Å². The molecular weight excluding hydrogens is 476 g/mol. The van der Waals surface area contributed by atoms with E-state index in [2.05, 4.69) is 77.6 Å². The van der Waals surface area contributed by atoms with Gasteiger partial charge in [-0.05, 0) is 43.6 Å². The average Bonchev–Trinajstić information content (AvgIpc) is 3.36. The van der Waals surface area contributed by atoms with E-state index in [1.54, 1.807) is 0 Å². The molecule has 1 aromatic heterocycles. The molecule has 0 bridgehead atoms. The molecule has 3 aliphatic heterocycles. The van der Waals surface area contributed by atoms with E-state index in [1.165, 1.54) is 22.8 Å². The lowest BCUT2D eigenvalue weighted by Crippen LogP contribution is -2.51. The maximum Gasteiger partial charge on any atom is 0.321 e. The van der Waals surface area contributed by atoms with Crippen molar-refractivity contribution >= 4 is 16.6 Å². The lowest BCUT2D eigenvalue weighted by Gasteiger charge is -2.38. The van der Waals surface area contributed by atoms with Gasteiger partial charge in [0.2, 0.25) is 5.88 Å². The van der Waals surface area contributed by atoms with Crippen LogP contribution in [0.15, 0.2) is 42.5 Å². The summed E-state index contributed by atoms with van der Waals surface area (Å²) in [4.78, 5) is 14.4. The molecule has 6 rings (SSSR count). The van der Waals surface area contributed by atoms with Gasteiger partial charge in [-0.25, -0.2) is 0 Å². The van der Waals surface area contributed by atoms with Crippen LogP contribution >= 0.6 is 0 Å². The number of nitriles is 1. The second-order valence-corrected chi connectivity index (χ2v) is 10.9. The van der Waals surface area contributed by atoms with Crippen LogP contribution in [0.3, 0.4) is 0 Å². The average molecular weight is 513 g/mol. The summed E-state index contributed by atoms with van der Waals surface area (Å²) in [5.74, 6) is 1.75. The Kier molecular flexibility index (Phi) is 7.05. The van der Waals surface area contributed by atoms with E-state index in [-0.39, 0.29) is 18.1 Å². The molecule has 8 heteroatoms. The second-order valence-electron chi connectivity index (χ2n) is 10.9. The number of nitrogens with one attached hydrogen (secondary N) is 1. The van der Waals surface area contributed by atoms with Gasteiger partial charge in [0.05, 0.1) is 18.1 Å². The Hall–Kier alpha value is -3.41. The van der Waals surface area contributed by atoms with Crippen molar-refractivity contribution in [1.82, 2.24) is 20.2 Å². The third-order valence-corrected chi connectivity index (χ3v) is 8.31. The number of hydrogen-bond donors (Lipinski definition) is 1. The van der Waals surface area contributed by atoms with Gasteiger partial charge in [0, 0.05) is 43.2 Å². The zero-order valence-corrected chi connectivity index (χ0v) is 22.3. The topological polar surface area (TPSA) is 86.5 Å². The van der Waals surface area contributed by atoms with Crippen LogP contribution < -0.4 is 19.7 Å². The summed E-state index contributed by atoms with van der Waals surface area (Å²) in [6, 6.07) is 18.1. The number of fused-ring (bicyclic) bond motifs is 2. The Morgan fingerprint density at radius 1 is 1.16 bits per heavy atom. The summed E-state index contributed by atoms with van der Waals surface area (Å²) < 4.78 is 13.0. The minimum atomic E-state index is -0.112. The fourth-order valence-electron chi connectivity index (χ4n) is 6.19. The van der Waals surface area contributed by atoms with Crippen molar-refractivity contribution in [3.63, 3.8) is 0 Å². The molecule has 4 atom stereocenters. The summed E-state index contributed by atoms with van der Waals surface area (Å²) in [5, 5.41) is 15.2. The predicted octanol–water partition coefficient (Wildman–Crippen LogP) is 4.11. The molecule has 4 heterocycles. The lowest BCUT2D eigenvalue weighted by molar-refractivity contribution is 0.114. The molecule has 0 amide bonds. The molecule has 198 valence electrons.